The van der Waals surface area contributed by atoms with E-state index >= 15 is 0 Å². The minimum Gasteiger partial charge on any atom is -0.378 e. The summed E-state index contributed by atoms with van der Waals surface area (Å²) in [4.78, 5) is 10.1. The van der Waals surface area contributed by atoms with Crippen molar-refractivity contribution in [2.24, 2.45) is 5.73 Å². The molecule has 0 radical (unpaired) electrons. The van der Waals surface area contributed by atoms with Crippen LogP contribution in [0, 0.1) is 15.9 Å². The van der Waals surface area contributed by atoms with Gasteiger partial charge in [-0.2, -0.15) is 0 Å². The molecule has 0 aliphatic heterocycles. The maximum atomic E-state index is 13.2. The second-order valence-corrected chi connectivity index (χ2v) is 4.25. The first-order valence-corrected chi connectivity index (χ1v) is 5.34. The minimum atomic E-state index is -0.576. The van der Waals surface area contributed by atoms with Crippen molar-refractivity contribution in [1.82, 2.24) is 0 Å². The van der Waals surface area contributed by atoms with Gasteiger partial charge in [0.1, 0.15) is 11.5 Å². The van der Waals surface area contributed by atoms with Crippen molar-refractivity contribution < 1.29 is 9.31 Å². The normalized spacial score (nSPS) is 12.2. The van der Waals surface area contributed by atoms with Crippen LogP contribution in [0.15, 0.2) is 16.6 Å². The van der Waals surface area contributed by atoms with Gasteiger partial charge in [-0.15, -0.1) is 0 Å². The summed E-state index contributed by atoms with van der Waals surface area (Å²) >= 11 is 2.90. The summed E-state index contributed by atoms with van der Waals surface area (Å²) in [5, 5.41) is 13.5. The molecule has 0 heterocycles. The van der Waals surface area contributed by atoms with Crippen LogP contribution in [0.4, 0.5) is 15.8 Å². The summed E-state index contributed by atoms with van der Waals surface area (Å²) in [5.41, 5.74) is 5.44. The van der Waals surface area contributed by atoms with Crippen LogP contribution in [-0.2, 0) is 0 Å². The number of nitro groups is 1. The lowest BCUT2D eigenvalue weighted by Crippen LogP contribution is -2.25. The molecular weight excluding hydrogens is 281 g/mol. The van der Waals surface area contributed by atoms with Crippen LogP contribution < -0.4 is 11.1 Å². The summed E-state index contributed by atoms with van der Waals surface area (Å²) in [7, 11) is 0. The third kappa shape index (κ3) is 3.14. The first-order valence-electron chi connectivity index (χ1n) is 4.54. The standard InChI is InChI=1S/C9H11BrFN3O2/c1-5(12)4-13-8-3-7(11)6(10)2-9(8)14(15)16/h2-3,5,13H,4,12H2,1H3. The average Bonchev–Trinajstić information content (AvgIpc) is 2.18. The Labute approximate surface area is 100 Å². The van der Waals surface area contributed by atoms with Crippen LogP contribution in [0.25, 0.3) is 0 Å². The second-order valence-electron chi connectivity index (χ2n) is 3.40. The third-order valence-corrected chi connectivity index (χ3v) is 2.46. The number of nitrogens with two attached hydrogens (primary N) is 1. The van der Waals surface area contributed by atoms with E-state index in [9.17, 15) is 14.5 Å². The fourth-order valence-electron chi connectivity index (χ4n) is 1.10. The van der Waals surface area contributed by atoms with E-state index in [2.05, 4.69) is 21.2 Å². The van der Waals surface area contributed by atoms with Crippen molar-refractivity contribution in [2.75, 3.05) is 11.9 Å². The molecule has 0 spiro atoms. The molecule has 1 rings (SSSR count). The highest BCUT2D eigenvalue weighted by atomic mass is 79.9. The zero-order valence-electron chi connectivity index (χ0n) is 8.54. The summed E-state index contributed by atoms with van der Waals surface area (Å²) in [6.45, 7) is 2.08. The molecule has 1 unspecified atom stereocenters. The molecular formula is C9H11BrFN3O2. The van der Waals surface area contributed by atoms with Gasteiger partial charge in [-0.3, -0.25) is 10.1 Å². The molecule has 0 aliphatic rings. The molecule has 16 heavy (non-hydrogen) atoms. The van der Waals surface area contributed by atoms with Crippen molar-refractivity contribution in [3.05, 3.63) is 32.5 Å². The van der Waals surface area contributed by atoms with Gasteiger partial charge in [0.2, 0.25) is 0 Å². The van der Waals surface area contributed by atoms with Crippen LogP contribution in [0.5, 0.6) is 0 Å². The molecule has 0 saturated carbocycles. The van der Waals surface area contributed by atoms with E-state index in [4.69, 9.17) is 5.73 Å². The molecule has 5 nitrogen and oxygen atoms in total. The van der Waals surface area contributed by atoms with Crippen LogP contribution in [0.1, 0.15) is 6.92 Å². The lowest BCUT2D eigenvalue weighted by atomic mass is 10.2. The van der Waals surface area contributed by atoms with Crippen molar-refractivity contribution in [1.29, 1.82) is 0 Å². The fourth-order valence-corrected chi connectivity index (χ4v) is 1.43. The molecule has 1 aromatic carbocycles. The summed E-state index contributed by atoms with van der Waals surface area (Å²) in [5.74, 6) is -0.558. The van der Waals surface area contributed by atoms with Gasteiger partial charge in [0.25, 0.3) is 5.69 Å². The molecule has 0 aromatic heterocycles. The first-order chi connectivity index (χ1) is 7.41. The lowest BCUT2D eigenvalue weighted by molar-refractivity contribution is -0.384. The number of benzene rings is 1. The van der Waals surface area contributed by atoms with Crippen LogP contribution >= 0.6 is 15.9 Å². The predicted molar refractivity (Wildman–Crippen MR) is 62.9 cm³/mol. The van der Waals surface area contributed by atoms with E-state index in [0.29, 0.717) is 6.54 Å². The molecule has 0 aliphatic carbocycles. The first kappa shape index (κ1) is 12.9. The Bertz CT molecular complexity index is 412. The molecule has 1 atom stereocenters. The second kappa shape index (κ2) is 5.22. The Morgan fingerprint density at radius 2 is 2.31 bits per heavy atom. The highest BCUT2D eigenvalue weighted by Crippen LogP contribution is 2.30. The third-order valence-electron chi connectivity index (χ3n) is 1.85. The molecule has 1 aromatic rings. The fraction of sp³-hybridized carbons (Fsp3) is 0.333. The zero-order valence-corrected chi connectivity index (χ0v) is 10.1. The molecule has 0 fully saturated rings. The molecule has 0 amide bonds. The van der Waals surface area contributed by atoms with Crippen molar-refractivity contribution in [2.45, 2.75) is 13.0 Å². The van der Waals surface area contributed by atoms with Gasteiger partial charge in [0.15, 0.2) is 0 Å². The number of nitrogens with one attached hydrogen (secondary N) is 1. The topological polar surface area (TPSA) is 81.2 Å². The Morgan fingerprint density at radius 3 is 2.81 bits per heavy atom. The molecule has 88 valence electrons. The number of halogens is 2. The van der Waals surface area contributed by atoms with Crippen LogP contribution in [0.2, 0.25) is 0 Å². The zero-order chi connectivity index (χ0) is 12.3. The molecule has 0 saturated heterocycles. The van der Waals surface area contributed by atoms with Crippen molar-refractivity contribution in [3.8, 4) is 0 Å². The largest absolute Gasteiger partial charge is 0.378 e. The smallest absolute Gasteiger partial charge is 0.293 e. The van der Waals surface area contributed by atoms with Crippen LogP contribution in [0.3, 0.4) is 0 Å². The number of hydrogen-bond donors (Lipinski definition) is 2. The van der Waals surface area contributed by atoms with Gasteiger partial charge in [-0.1, -0.05) is 0 Å². The SMILES string of the molecule is CC(N)CNc1cc(F)c(Br)cc1[N+](=O)[O-]. The van der Waals surface area contributed by atoms with Crippen LogP contribution in [-0.4, -0.2) is 17.5 Å². The maximum absolute atomic E-state index is 13.2. The molecule has 0 bridgehead atoms. The summed E-state index contributed by atoms with van der Waals surface area (Å²) in [6, 6.07) is 2.02. The van der Waals surface area contributed by atoms with Gasteiger partial charge >= 0.3 is 0 Å². The van der Waals surface area contributed by atoms with Gasteiger partial charge in [0, 0.05) is 24.7 Å². The van der Waals surface area contributed by atoms with Crippen molar-refractivity contribution >= 4 is 27.3 Å². The van der Waals surface area contributed by atoms with E-state index < -0.39 is 10.7 Å². The number of nitrogens with zero attached hydrogens (tertiary/aromatic N) is 1. The Morgan fingerprint density at radius 1 is 1.69 bits per heavy atom. The predicted octanol–water partition coefficient (Wildman–Crippen LogP) is 2.26. The maximum Gasteiger partial charge on any atom is 0.293 e. The van der Waals surface area contributed by atoms with E-state index in [-0.39, 0.29) is 21.9 Å². The van der Waals surface area contributed by atoms with Crippen molar-refractivity contribution in [3.63, 3.8) is 0 Å². The summed E-state index contributed by atoms with van der Waals surface area (Å²) < 4.78 is 13.3. The van der Waals surface area contributed by atoms with Gasteiger partial charge in [-0.25, -0.2) is 4.39 Å². The Balaban J connectivity index is 3.05. The van der Waals surface area contributed by atoms with Gasteiger partial charge in [0.05, 0.1) is 9.40 Å². The van der Waals surface area contributed by atoms with Gasteiger partial charge < -0.3 is 11.1 Å². The number of nitro benzene ring substituents is 1. The monoisotopic (exact) mass is 291 g/mol. The van der Waals surface area contributed by atoms with E-state index in [1.807, 2.05) is 0 Å². The van der Waals surface area contributed by atoms with E-state index in [1.54, 1.807) is 6.92 Å². The average molecular weight is 292 g/mol. The van der Waals surface area contributed by atoms with E-state index in [1.165, 1.54) is 0 Å². The number of anilines is 1. The Hall–Kier alpha value is -1.21. The highest BCUT2D eigenvalue weighted by Gasteiger charge is 2.17. The van der Waals surface area contributed by atoms with E-state index in [0.717, 1.165) is 12.1 Å². The number of hydrogen-bond acceptors (Lipinski definition) is 4. The Kier molecular flexibility index (Phi) is 4.19. The highest BCUT2D eigenvalue weighted by molar-refractivity contribution is 9.10. The lowest BCUT2D eigenvalue weighted by Gasteiger charge is -2.10. The molecule has 7 heteroatoms. The summed E-state index contributed by atoms with van der Waals surface area (Å²) in [6.07, 6.45) is 0. The van der Waals surface area contributed by atoms with Gasteiger partial charge in [-0.05, 0) is 22.9 Å². The quantitative estimate of drug-likeness (QED) is 0.658. The molecule has 3 N–H and O–H groups in total. The minimum absolute atomic E-state index is 0.0607. The number of rotatable bonds is 4.